The summed E-state index contributed by atoms with van der Waals surface area (Å²) in [5, 5.41) is 0. The van der Waals surface area contributed by atoms with E-state index in [2.05, 4.69) is 16.6 Å². The van der Waals surface area contributed by atoms with Crippen molar-refractivity contribution < 1.29 is 4.79 Å². The van der Waals surface area contributed by atoms with Crippen molar-refractivity contribution in [3.63, 3.8) is 0 Å². The van der Waals surface area contributed by atoms with Gasteiger partial charge in [-0.1, -0.05) is 24.8 Å². The number of hydrogen-bond acceptors (Lipinski definition) is 3. The van der Waals surface area contributed by atoms with Gasteiger partial charge in [0.15, 0.2) is 6.29 Å². The Hall–Kier alpha value is -2.75. The average molecular weight is 265 g/mol. The number of carbonyl (C=O) groups excluding carboxylic acids is 1. The van der Waals surface area contributed by atoms with E-state index >= 15 is 0 Å². The molecule has 20 heavy (non-hydrogen) atoms. The number of allylic oxidation sites excluding steroid dienone is 1. The van der Waals surface area contributed by atoms with Gasteiger partial charge in [-0.25, -0.2) is 0 Å². The van der Waals surface area contributed by atoms with E-state index in [0.29, 0.717) is 11.5 Å². The minimum atomic E-state index is 0.327. The number of amidine groups is 1. The lowest BCUT2D eigenvalue weighted by molar-refractivity contribution is -0.104. The van der Waals surface area contributed by atoms with Crippen molar-refractivity contribution in [2.75, 3.05) is 11.9 Å². The van der Waals surface area contributed by atoms with Crippen molar-refractivity contribution in [3.8, 4) is 0 Å². The van der Waals surface area contributed by atoms with Gasteiger partial charge in [-0.2, -0.15) is 0 Å². The fourth-order valence-corrected chi connectivity index (χ4v) is 1.91. The smallest absolute Gasteiger partial charge is 0.166 e. The lowest BCUT2D eigenvalue weighted by Gasteiger charge is -2.25. The van der Waals surface area contributed by atoms with Gasteiger partial charge in [-0.05, 0) is 24.3 Å². The van der Waals surface area contributed by atoms with Crippen LogP contribution in [-0.4, -0.2) is 24.2 Å². The molecule has 0 unspecified atom stereocenters. The number of anilines is 1. The van der Waals surface area contributed by atoms with Crippen molar-refractivity contribution in [1.29, 1.82) is 0 Å². The summed E-state index contributed by atoms with van der Waals surface area (Å²) in [5.74, 6) is 0.649. The molecule has 0 radical (unpaired) electrons. The first-order chi connectivity index (χ1) is 9.77. The van der Waals surface area contributed by atoms with Crippen LogP contribution in [-0.2, 0) is 4.79 Å². The molecule has 0 amide bonds. The first-order valence-electron chi connectivity index (χ1n) is 6.14. The number of rotatable bonds is 4. The number of hydrogen-bond donors (Lipinski definition) is 0. The molecule has 2 aromatic rings. The lowest BCUT2D eigenvalue weighted by atomic mass is 10.2. The molecule has 0 aliphatic rings. The van der Waals surface area contributed by atoms with Crippen LogP contribution in [0.1, 0.15) is 5.56 Å². The summed E-state index contributed by atoms with van der Waals surface area (Å²) in [6, 6.07) is 13.2. The number of aromatic nitrogens is 1. The maximum atomic E-state index is 11.2. The summed E-state index contributed by atoms with van der Waals surface area (Å²) in [6.45, 7) is 3.81. The Morgan fingerprint density at radius 3 is 2.40 bits per heavy atom. The van der Waals surface area contributed by atoms with Crippen molar-refractivity contribution in [3.05, 3.63) is 72.7 Å². The van der Waals surface area contributed by atoms with Crippen molar-refractivity contribution in [2.24, 2.45) is 4.99 Å². The molecule has 0 saturated heterocycles. The summed E-state index contributed by atoms with van der Waals surface area (Å²) in [4.78, 5) is 21.2. The van der Waals surface area contributed by atoms with Crippen LogP contribution in [0.3, 0.4) is 0 Å². The minimum Gasteiger partial charge on any atom is -0.296 e. The molecule has 0 fully saturated rings. The van der Waals surface area contributed by atoms with E-state index in [-0.39, 0.29) is 0 Å². The number of nitrogens with zero attached hydrogens (tertiary/aromatic N) is 3. The summed E-state index contributed by atoms with van der Waals surface area (Å²) in [6.07, 6.45) is 4.10. The molecule has 0 atom stereocenters. The Bertz CT molecular complexity index is 621. The van der Waals surface area contributed by atoms with Gasteiger partial charge in [0, 0.05) is 30.7 Å². The van der Waals surface area contributed by atoms with Crippen LogP contribution in [0.15, 0.2) is 72.1 Å². The predicted octanol–water partition coefficient (Wildman–Crippen LogP) is 2.68. The average Bonchev–Trinajstić information content (AvgIpc) is 2.53. The molecule has 1 heterocycles. The minimum absolute atomic E-state index is 0.327. The summed E-state index contributed by atoms with van der Waals surface area (Å²) < 4.78 is 0. The molecular weight excluding hydrogens is 250 g/mol. The highest BCUT2D eigenvalue weighted by Crippen LogP contribution is 2.20. The Morgan fingerprint density at radius 1 is 1.20 bits per heavy atom. The molecule has 4 heteroatoms. The fraction of sp³-hybridized carbons (Fsp3) is 0.0625. The van der Waals surface area contributed by atoms with E-state index in [4.69, 9.17) is 0 Å². The summed E-state index contributed by atoms with van der Waals surface area (Å²) in [5.41, 5.74) is 2.03. The lowest BCUT2D eigenvalue weighted by Crippen LogP contribution is -2.31. The third-order valence-corrected chi connectivity index (χ3v) is 2.80. The molecule has 0 saturated carbocycles. The molecule has 0 aliphatic carbocycles. The van der Waals surface area contributed by atoms with Gasteiger partial charge in [0.25, 0.3) is 0 Å². The van der Waals surface area contributed by atoms with Crippen molar-refractivity contribution in [2.45, 2.75) is 0 Å². The van der Waals surface area contributed by atoms with Crippen LogP contribution in [0.4, 0.5) is 5.69 Å². The zero-order valence-corrected chi connectivity index (χ0v) is 11.2. The Labute approximate surface area is 118 Å². The van der Waals surface area contributed by atoms with Crippen LogP contribution < -0.4 is 4.90 Å². The molecule has 1 aromatic heterocycles. The van der Waals surface area contributed by atoms with Gasteiger partial charge in [-0.15, -0.1) is 0 Å². The first kappa shape index (κ1) is 13.7. The highest BCUT2D eigenvalue weighted by Gasteiger charge is 2.17. The van der Waals surface area contributed by atoms with E-state index in [9.17, 15) is 4.79 Å². The zero-order chi connectivity index (χ0) is 14.4. The highest BCUT2D eigenvalue weighted by molar-refractivity contribution is 6.14. The quantitative estimate of drug-likeness (QED) is 0.369. The molecule has 4 nitrogen and oxygen atoms in total. The van der Waals surface area contributed by atoms with E-state index in [1.165, 1.54) is 0 Å². The number of aliphatic imine (C=N–C) groups is 1. The highest BCUT2D eigenvalue weighted by atomic mass is 16.1. The van der Waals surface area contributed by atoms with Crippen molar-refractivity contribution >= 4 is 17.8 Å². The van der Waals surface area contributed by atoms with E-state index in [1.54, 1.807) is 24.3 Å². The second kappa shape index (κ2) is 6.43. The second-order valence-corrected chi connectivity index (χ2v) is 4.06. The van der Waals surface area contributed by atoms with Crippen LogP contribution in [0, 0.1) is 0 Å². The van der Waals surface area contributed by atoms with Gasteiger partial charge in [0.1, 0.15) is 5.84 Å². The largest absolute Gasteiger partial charge is 0.296 e. The number of carbonyl (C=O) groups is 1. The standard InChI is InChI=1S/C16H15N3O/c1-13(12-20)19(15-6-4-3-5-7-15)16(17-2)14-8-10-18-11-9-14/h3-12H,1H2,2H3. The number of benzene rings is 1. The monoisotopic (exact) mass is 265 g/mol. The molecule has 100 valence electrons. The molecule has 0 aliphatic heterocycles. The molecular formula is C16H15N3O. The third kappa shape index (κ3) is 2.80. The Morgan fingerprint density at radius 2 is 1.85 bits per heavy atom. The first-order valence-corrected chi connectivity index (χ1v) is 6.14. The SMILES string of the molecule is C=C(C=O)N(C(=NC)c1ccncc1)c1ccccc1. The number of pyridine rings is 1. The second-order valence-electron chi connectivity index (χ2n) is 4.06. The van der Waals surface area contributed by atoms with Crippen LogP contribution in [0.25, 0.3) is 0 Å². The molecule has 0 N–H and O–H groups in total. The van der Waals surface area contributed by atoms with Gasteiger partial charge >= 0.3 is 0 Å². The zero-order valence-electron chi connectivity index (χ0n) is 11.2. The third-order valence-electron chi connectivity index (χ3n) is 2.80. The van der Waals surface area contributed by atoms with Gasteiger partial charge in [0.05, 0.1) is 5.70 Å². The van der Waals surface area contributed by atoms with E-state index < -0.39 is 0 Å². The van der Waals surface area contributed by atoms with Gasteiger partial charge < -0.3 is 0 Å². The van der Waals surface area contributed by atoms with Crippen LogP contribution in [0.5, 0.6) is 0 Å². The maximum absolute atomic E-state index is 11.2. The number of para-hydroxylation sites is 1. The maximum Gasteiger partial charge on any atom is 0.166 e. The van der Waals surface area contributed by atoms with Gasteiger partial charge in [-0.3, -0.25) is 19.7 Å². The summed E-state index contributed by atoms with van der Waals surface area (Å²) in [7, 11) is 1.68. The normalized spacial score (nSPS) is 10.9. The van der Waals surface area contributed by atoms with Crippen LogP contribution in [0.2, 0.25) is 0 Å². The topological polar surface area (TPSA) is 45.6 Å². The van der Waals surface area contributed by atoms with E-state index in [1.807, 2.05) is 42.5 Å². The van der Waals surface area contributed by atoms with E-state index in [0.717, 1.165) is 17.5 Å². The molecule has 0 spiro atoms. The molecule has 0 bridgehead atoms. The predicted molar refractivity (Wildman–Crippen MR) is 80.8 cm³/mol. The van der Waals surface area contributed by atoms with Crippen molar-refractivity contribution in [1.82, 2.24) is 4.98 Å². The number of aldehydes is 1. The van der Waals surface area contributed by atoms with Gasteiger partial charge in [0.2, 0.25) is 0 Å². The Balaban J connectivity index is 2.51. The summed E-state index contributed by atoms with van der Waals surface area (Å²) >= 11 is 0. The van der Waals surface area contributed by atoms with Crippen LogP contribution >= 0.6 is 0 Å². The molecule has 1 aromatic carbocycles. The Kier molecular flexibility index (Phi) is 4.39. The molecule has 2 rings (SSSR count). The fourth-order valence-electron chi connectivity index (χ4n) is 1.91.